The van der Waals surface area contributed by atoms with Gasteiger partial charge in [0, 0.05) is 0 Å². The predicted octanol–water partition coefficient (Wildman–Crippen LogP) is 0.652. The minimum atomic E-state index is -3.35. The summed E-state index contributed by atoms with van der Waals surface area (Å²) in [4.78, 5) is 8.96. The van der Waals surface area contributed by atoms with E-state index in [1.807, 2.05) is 0 Å². The van der Waals surface area contributed by atoms with E-state index in [-0.39, 0.29) is 0 Å². The van der Waals surface area contributed by atoms with Crippen molar-refractivity contribution in [2.45, 2.75) is 14.8 Å². The van der Waals surface area contributed by atoms with E-state index in [1.54, 1.807) is 0 Å². The molecule has 0 saturated carbocycles. The molecule has 3 aliphatic heterocycles. The van der Waals surface area contributed by atoms with Gasteiger partial charge in [0.05, 0.1) is 0 Å². The van der Waals surface area contributed by atoms with Crippen molar-refractivity contribution in [2.75, 3.05) is 39.5 Å². The molecule has 0 amide bonds. The van der Waals surface area contributed by atoms with Crippen molar-refractivity contribution >= 4 is 33.4 Å². The second-order valence-electron chi connectivity index (χ2n) is 5.10. The Kier molecular flexibility index (Phi) is 4.59. The fourth-order valence-corrected chi connectivity index (χ4v) is 20.2. The van der Waals surface area contributed by atoms with E-state index in [2.05, 4.69) is 19.7 Å². The Bertz CT molecular complexity index is 222. The zero-order valence-corrected chi connectivity index (χ0v) is 15.3. The van der Waals surface area contributed by atoms with Crippen LogP contribution in [0.4, 0.5) is 0 Å². The van der Waals surface area contributed by atoms with Gasteiger partial charge in [-0.15, -0.1) is 0 Å². The first-order chi connectivity index (χ1) is 7.49. The summed E-state index contributed by atoms with van der Waals surface area (Å²) in [7, 11) is 0. The summed E-state index contributed by atoms with van der Waals surface area (Å²) >= 11 is -5.75. The topological polar surface area (TPSA) is 40.2 Å². The Hall–Kier alpha value is 1.14. The molecule has 5 nitrogen and oxygen atoms in total. The predicted molar refractivity (Wildman–Crippen MR) is 64.5 cm³/mol. The van der Waals surface area contributed by atoms with E-state index < -0.39 is 33.4 Å². The van der Waals surface area contributed by atoms with Gasteiger partial charge in [-0.2, -0.15) is 0 Å². The maximum atomic E-state index is 6.18. The molecule has 94 valence electrons. The molecule has 0 radical (unpaired) electrons. The molecule has 0 aromatic rings. The quantitative estimate of drug-likeness (QED) is 0.639. The molecule has 3 aliphatic rings. The first-order valence-corrected chi connectivity index (χ1v) is 19.0. The van der Waals surface area contributed by atoms with Crippen LogP contribution in [0, 0.1) is 0 Å². The average molecular weight is 399 g/mol. The molecule has 3 saturated heterocycles. The Morgan fingerprint density at radius 1 is 0.938 bits per heavy atom. The second kappa shape index (κ2) is 5.42. The normalized spacial score (nSPS) is 36.6. The molecule has 3 heterocycles. The first kappa shape index (κ1) is 13.6. The van der Waals surface area contributed by atoms with E-state index >= 15 is 0 Å². The van der Waals surface area contributed by atoms with Crippen LogP contribution in [0.3, 0.4) is 0 Å². The van der Waals surface area contributed by atoms with Gasteiger partial charge in [0.25, 0.3) is 0 Å². The molecule has 7 heteroatoms. The Morgan fingerprint density at radius 3 is 1.75 bits per heavy atom. The van der Waals surface area contributed by atoms with Crippen LogP contribution < -0.4 is 0 Å². The van der Waals surface area contributed by atoms with Crippen LogP contribution in [0.25, 0.3) is 0 Å². The van der Waals surface area contributed by atoms with E-state index in [9.17, 15) is 0 Å². The van der Waals surface area contributed by atoms with E-state index in [0.29, 0.717) is 19.8 Å². The Balaban J connectivity index is 2.08. The number of fused-ring (bicyclic) bond motifs is 6. The third kappa shape index (κ3) is 3.82. The van der Waals surface area contributed by atoms with Gasteiger partial charge in [-0.1, -0.05) is 0 Å². The van der Waals surface area contributed by atoms with Gasteiger partial charge >= 0.3 is 106 Å². The zero-order valence-electron chi connectivity index (χ0n) is 10.3. The monoisotopic (exact) mass is 401 g/mol. The maximum absolute atomic E-state index is 6.18. The van der Waals surface area contributed by atoms with Gasteiger partial charge in [0.1, 0.15) is 0 Å². The van der Waals surface area contributed by atoms with Crippen LogP contribution in [-0.4, -0.2) is 77.8 Å². The summed E-state index contributed by atoms with van der Waals surface area (Å²) in [5.41, 5.74) is 0. The van der Waals surface area contributed by atoms with Crippen molar-refractivity contribution < 1.29 is 13.4 Å². The van der Waals surface area contributed by atoms with Crippen molar-refractivity contribution in [3.05, 3.63) is 0 Å². The van der Waals surface area contributed by atoms with Crippen molar-refractivity contribution in [3.8, 4) is 0 Å². The van der Waals surface area contributed by atoms with Crippen LogP contribution in [0.1, 0.15) is 0 Å². The third-order valence-electron chi connectivity index (χ3n) is 2.49. The Labute approximate surface area is 106 Å². The third-order valence-corrected chi connectivity index (χ3v) is 20.6. The first-order valence-electron chi connectivity index (χ1n) is 5.84. The summed E-state index contributed by atoms with van der Waals surface area (Å²) < 4.78 is 23.7. The molecular weight excluding hydrogens is 377 g/mol. The molecular formula is C9H21GeNO4Sn. The van der Waals surface area contributed by atoms with Crippen LogP contribution >= 0.6 is 0 Å². The van der Waals surface area contributed by atoms with Crippen molar-refractivity contribution in [3.63, 3.8) is 0 Å². The van der Waals surface area contributed by atoms with Gasteiger partial charge in [0.15, 0.2) is 0 Å². The summed E-state index contributed by atoms with van der Waals surface area (Å²) in [5, 5.41) is 0. The minimum absolute atomic E-state index is 0.682. The summed E-state index contributed by atoms with van der Waals surface area (Å²) in [5.74, 6) is 0. The number of hydrogen-bond donors (Lipinski definition) is 0. The van der Waals surface area contributed by atoms with Gasteiger partial charge in [0.2, 0.25) is 0 Å². The van der Waals surface area contributed by atoms with Crippen LogP contribution in [0.5, 0.6) is 0 Å². The average Bonchev–Trinajstić information content (AvgIpc) is 2.04. The van der Waals surface area contributed by atoms with Gasteiger partial charge < -0.3 is 0 Å². The van der Waals surface area contributed by atoms with E-state index in [1.165, 1.54) is 0 Å². The molecule has 0 aliphatic carbocycles. The molecule has 3 rings (SSSR count). The summed E-state index contributed by atoms with van der Waals surface area (Å²) in [6.07, 6.45) is 0. The molecule has 0 spiro atoms. The second-order valence-corrected chi connectivity index (χ2v) is 24.5. The zero-order chi connectivity index (χ0) is 11.6. The molecule has 16 heavy (non-hydrogen) atoms. The molecule has 0 unspecified atom stereocenters. The fraction of sp³-hybridized carbons (Fsp3) is 1.00. The van der Waals surface area contributed by atoms with Crippen molar-refractivity contribution in [1.82, 2.24) is 4.90 Å². The van der Waals surface area contributed by atoms with Crippen LogP contribution in [0.2, 0.25) is 14.8 Å². The molecule has 0 aromatic heterocycles. The molecule has 0 atom stereocenters. The Morgan fingerprint density at radius 2 is 1.38 bits per heavy atom. The van der Waals surface area contributed by atoms with Gasteiger partial charge in [-0.05, 0) is 0 Å². The van der Waals surface area contributed by atoms with Crippen molar-refractivity contribution in [1.29, 1.82) is 0 Å². The number of hydrogen-bond acceptors (Lipinski definition) is 5. The molecule has 0 aromatic carbocycles. The van der Waals surface area contributed by atoms with Crippen LogP contribution in [0.15, 0.2) is 0 Å². The van der Waals surface area contributed by atoms with E-state index in [4.69, 9.17) is 13.4 Å². The van der Waals surface area contributed by atoms with Gasteiger partial charge in [-0.25, -0.2) is 0 Å². The molecule has 3 fully saturated rings. The number of rotatable bonds is 2. The van der Waals surface area contributed by atoms with Gasteiger partial charge in [-0.3, -0.25) is 0 Å². The SMILES string of the molecule is [CH3][Sn]([CH3])([CH3])[O][Ge]12[O]CCN(CC[O]1)CC[O]2. The molecule has 0 N–H and O–H groups in total. The molecule has 2 bridgehead atoms. The standard InChI is InChI=1S/C6H12GeNO4.3CH3.Sn/c9-7-10-4-1-8(2-5-11-7)3-6-12-7;;;;/h1-6H2;3*1H3;/q-1;;;;+1. The number of nitrogens with zero attached hydrogens (tertiary/aromatic N) is 1. The van der Waals surface area contributed by atoms with Crippen molar-refractivity contribution in [2.24, 2.45) is 0 Å². The van der Waals surface area contributed by atoms with Crippen LogP contribution in [-0.2, 0) is 13.4 Å². The summed E-state index contributed by atoms with van der Waals surface area (Å²) in [6.45, 7) is 4.97. The fourth-order valence-electron chi connectivity index (χ4n) is 1.82. The van der Waals surface area contributed by atoms with E-state index in [0.717, 1.165) is 19.6 Å². The summed E-state index contributed by atoms with van der Waals surface area (Å²) in [6, 6.07) is 0.